The van der Waals surface area contributed by atoms with Gasteiger partial charge in [0, 0.05) is 33.2 Å². The van der Waals surface area contributed by atoms with Gasteiger partial charge in [0.05, 0.1) is 0 Å². The fourth-order valence-electron chi connectivity index (χ4n) is 2.85. The Hall–Kier alpha value is -0.710. The molecule has 1 unspecified atom stereocenters. The first-order valence-electron chi connectivity index (χ1n) is 7.85. The maximum absolute atomic E-state index is 13.0. The lowest BCUT2D eigenvalue weighted by Crippen LogP contribution is -2.42. The van der Waals surface area contributed by atoms with Crippen molar-refractivity contribution in [1.82, 2.24) is 8.61 Å². The minimum atomic E-state index is -3.87. The smallest absolute Gasteiger partial charge is 0.244 e. The van der Waals surface area contributed by atoms with Crippen LogP contribution in [0.5, 0.6) is 0 Å². The quantitative estimate of drug-likeness (QED) is 0.781. The van der Waals surface area contributed by atoms with Crippen molar-refractivity contribution < 1.29 is 16.8 Å². The van der Waals surface area contributed by atoms with Crippen LogP contribution in [0, 0.1) is 5.92 Å². The van der Waals surface area contributed by atoms with Gasteiger partial charge in [-0.3, -0.25) is 0 Å². The van der Waals surface area contributed by atoms with Crippen molar-refractivity contribution in [2.75, 3.05) is 27.2 Å². The Morgan fingerprint density at radius 2 is 1.56 bits per heavy atom. The van der Waals surface area contributed by atoms with E-state index in [9.17, 15) is 16.8 Å². The maximum atomic E-state index is 13.0. The summed E-state index contributed by atoms with van der Waals surface area (Å²) in [4.78, 5) is -0.359. The molecule has 0 radical (unpaired) electrons. The Kier molecular flexibility index (Phi) is 7.43. The second kappa shape index (κ2) is 8.32. The van der Waals surface area contributed by atoms with Gasteiger partial charge >= 0.3 is 0 Å². The van der Waals surface area contributed by atoms with Crippen LogP contribution < -0.4 is 5.73 Å². The third-order valence-corrected chi connectivity index (χ3v) is 8.43. The summed E-state index contributed by atoms with van der Waals surface area (Å²) < 4.78 is 53.2. The van der Waals surface area contributed by atoms with Gasteiger partial charge in [0.2, 0.25) is 20.0 Å². The van der Waals surface area contributed by atoms with Crippen molar-refractivity contribution in [3.63, 3.8) is 0 Å². The average molecular weight is 412 g/mol. The lowest BCUT2D eigenvalue weighted by molar-refractivity contribution is 0.250. The van der Waals surface area contributed by atoms with Crippen molar-refractivity contribution in [2.24, 2.45) is 11.7 Å². The minimum Gasteiger partial charge on any atom is -0.328 e. The molecule has 1 aliphatic rings. The van der Waals surface area contributed by atoms with Gasteiger partial charge in [-0.05, 0) is 37.8 Å². The van der Waals surface area contributed by atoms with E-state index in [1.807, 2.05) is 6.92 Å². The summed E-state index contributed by atoms with van der Waals surface area (Å²) in [6.45, 7) is 2.63. The van der Waals surface area contributed by atoms with E-state index < -0.39 is 20.0 Å². The van der Waals surface area contributed by atoms with Crippen molar-refractivity contribution >= 4 is 32.5 Å². The van der Waals surface area contributed by atoms with Crippen molar-refractivity contribution in [2.45, 2.75) is 35.6 Å². The summed E-state index contributed by atoms with van der Waals surface area (Å²) in [6.07, 6.45) is 1.36. The van der Waals surface area contributed by atoms with Crippen molar-refractivity contribution in [3.05, 3.63) is 24.3 Å². The highest BCUT2D eigenvalue weighted by atomic mass is 35.5. The second-order valence-electron chi connectivity index (χ2n) is 6.33. The molecule has 1 aromatic carbocycles. The number of hydrogen-bond acceptors (Lipinski definition) is 5. The van der Waals surface area contributed by atoms with Gasteiger partial charge in [-0.2, -0.15) is 4.31 Å². The fourth-order valence-corrected chi connectivity index (χ4v) is 5.99. The molecule has 7 nitrogen and oxygen atoms in total. The van der Waals surface area contributed by atoms with Gasteiger partial charge < -0.3 is 5.73 Å². The fraction of sp³-hybridized carbons (Fsp3) is 0.600. The Morgan fingerprint density at radius 1 is 1.08 bits per heavy atom. The zero-order valence-corrected chi connectivity index (χ0v) is 17.1. The average Bonchev–Trinajstić information content (AvgIpc) is 2.54. The van der Waals surface area contributed by atoms with E-state index in [0.717, 1.165) is 4.31 Å². The third kappa shape index (κ3) is 4.53. The van der Waals surface area contributed by atoms with Crippen LogP contribution in [0.25, 0.3) is 0 Å². The molecule has 25 heavy (non-hydrogen) atoms. The van der Waals surface area contributed by atoms with Gasteiger partial charge in [0.1, 0.15) is 9.79 Å². The molecule has 1 saturated heterocycles. The van der Waals surface area contributed by atoms with E-state index in [0.29, 0.717) is 25.9 Å². The summed E-state index contributed by atoms with van der Waals surface area (Å²) in [5.74, 6) is 0.289. The number of rotatable bonds is 5. The number of nitrogens with two attached hydrogens (primary N) is 1. The van der Waals surface area contributed by atoms with Gasteiger partial charge in [-0.25, -0.2) is 21.1 Å². The lowest BCUT2D eigenvalue weighted by Gasteiger charge is -2.33. The first-order valence-corrected chi connectivity index (χ1v) is 10.7. The molecule has 1 heterocycles. The summed E-state index contributed by atoms with van der Waals surface area (Å²) in [7, 11) is -4.95. The molecule has 0 saturated carbocycles. The van der Waals surface area contributed by atoms with Crippen LogP contribution >= 0.6 is 12.4 Å². The highest BCUT2D eigenvalue weighted by Gasteiger charge is 2.34. The van der Waals surface area contributed by atoms with Crippen molar-refractivity contribution in [3.8, 4) is 0 Å². The van der Waals surface area contributed by atoms with Crippen LogP contribution in [0.4, 0.5) is 0 Å². The monoisotopic (exact) mass is 411 g/mol. The van der Waals surface area contributed by atoms with Gasteiger partial charge in [0.25, 0.3) is 0 Å². The summed E-state index contributed by atoms with van der Waals surface area (Å²) in [5.41, 5.74) is 5.89. The molecule has 0 bridgehead atoms. The molecule has 2 N–H and O–H groups in total. The first-order chi connectivity index (χ1) is 11.1. The van der Waals surface area contributed by atoms with Crippen molar-refractivity contribution in [1.29, 1.82) is 0 Å². The van der Waals surface area contributed by atoms with Crippen LogP contribution in [0.2, 0.25) is 0 Å². The molecule has 0 amide bonds. The molecular weight excluding hydrogens is 386 g/mol. The Labute approximate surface area is 156 Å². The van der Waals surface area contributed by atoms with Crippen LogP contribution in [-0.4, -0.2) is 58.7 Å². The zero-order chi connectivity index (χ0) is 18.1. The van der Waals surface area contributed by atoms with Gasteiger partial charge in [-0.15, -0.1) is 12.4 Å². The summed E-state index contributed by atoms with van der Waals surface area (Å²) in [5, 5.41) is 0. The number of benzene rings is 1. The molecule has 2 rings (SSSR count). The van der Waals surface area contributed by atoms with Crippen LogP contribution in [0.15, 0.2) is 34.1 Å². The number of nitrogens with zero attached hydrogens (tertiary/aromatic N) is 2. The maximum Gasteiger partial charge on any atom is 0.244 e. The minimum absolute atomic E-state index is 0. The SMILES string of the molecule is CC(N)C1CCN(S(=O)(=O)c2ccccc2S(=O)(=O)N(C)C)CC1.Cl. The third-order valence-electron chi connectivity index (χ3n) is 4.47. The van der Waals surface area contributed by atoms with Crippen LogP contribution in [0.3, 0.4) is 0 Å². The molecule has 1 aliphatic heterocycles. The van der Waals surface area contributed by atoms with Gasteiger partial charge in [-0.1, -0.05) is 12.1 Å². The zero-order valence-electron chi connectivity index (χ0n) is 14.6. The molecule has 144 valence electrons. The summed E-state index contributed by atoms with van der Waals surface area (Å²) in [6, 6.07) is 5.77. The van der Waals surface area contributed by atoms with E-state index in [-0.39, 0.29) is 34.2 Å². The van der Waals surface area contributed by atoms with E-state index in [1.54, 1.807) is 0 Å². The molecule has 1 fully saturated rings. The number of hydrogen-bond donors (Lipinski definition) is 1. The molecule has 1 atom stereocenters. The Morgan fingerprint density at radius 3 is 2.00 bits per heavy atom. The second-order valence-corrected chi connectivity index (χ2v) is 10.4. The van der Waals surface area contributed by atoms with Crippen LogP contribution in [0.1, 0.15) is 19.8 Å². The van der Waals surface area contributed by atoms with Crippen LogP contribution in [-0.2, 0) is 20.0 Å². The molecule has 10 heteroatoms. The normalized spacial score (nSPS) is 18.8. The van der Waals surface area contributed by atoms with E-state index in [4.69, 9.17) is 5.73 Å². The Balaban J connectivity index is 0.00000312. The molecule has 0 aliphatic carbocycles. The summed E-state index contributed by atoms with van der Waals surface area (Å²) >= 11 is 0. The highest BCUT2D eigenvalue weighted by Crippen LogP contribution is 2.29. The number of piperidine rings is 1. The van der Waals surface area contributed by atoms with E-state index in [1.165, 1.54) is 42.7 Å². The van der Waals surface area contributed by atoms with Gasteiger partial charge in [0.15, 0.2) is 0 Å². The topological polar surface area (TPSA) is 101 Å². The predicted octanol–water partition coefficient (Wildman–Crippen LogP) is 1.11. The molecule has 1 aromatic rings. The molecular formula is C15H26ClN3O4S2. The largest absolute Gasteiger partial charge is 0.328 e. The number of halogens is 1. The standard InChI is InChI=1S/C15H25N3O4S2.ClH/c1-12(16)13-8-10-18(11-9-13)24(21,22)15-7-5-4-6-14(15)23(19,20)17(2)3;/h4-7,12-13H,8-11,16H2,1-3H3;1H. The highest BCUT2D eigenvalue weighted by molar-refractivity contribution is 7.92. The van der Waals surface area contributed by atoms with E-state index >= 15 is 0 Å². The predicted molar refractivity (Wildman–Crippen MR) is 99.7 cm³/mol. The molecule has 0 spiro atoms. The van der Waals surface area contributed by atoms with E-state index in [2.05, 4.69) is 0 Å². The molecule has 0 aromatic heterocycles. The first kappa shape index (κ1) is 22.3. The Bertz CT molecular complexity index is 787. The number of sulfonamides is 2. The lowest BCUT2D eigenvalue weighted by atomic mass is 9.92.